The Balaban J connectivity index is 1.95. The van der Waals surface area contributed by atoms with Crippen molar-refractivity contribution in [3.8, 4) is 6.07 Å². The second-order valence-corrected chi connectivity index (χ2v) is 6.91. The smallest absolute Gasteiger partial charge is 0.201 e. The van der Waals surface area contributed by atoms with Gasteiger partial charge in [-0.05, 0) is 46.6 Å². The molecule has 1 aromatic carbocycles. The summed E-state index contributed by atoms with van der Waals surface area (Å²) in [6.07, 6.45) is 0.892. The number of fused-ring (bicyclic) bond motifs is 1. The van der Waals surface area contributed by atoms with Crippen molar-refractivity contribution >= 4 is 44.2 Å². The van der Waals surface area contributed by atoms with E-state index in [2.05, 4.69) is 33.0 Å². The van der Waals surface area contributed by atoms with Crippen molar-refractivity contribution in [2.45, 2.75) is 13.0 Å². The minimum Gasteiger partial charge on any atom is -0.369 e. The van der Waals surface area contributed by atoms with Gasteiger partial charge in [0.2, 0.25) is 5.95 Å². The third kappa shape index (κ3) is 2.30. The molecular formula is C14H11BrN4S. The highest BCUT2D eigenvalue weighted by Crippen LogP contribution is 2.25. The maximum absolute atomic E-state index is 9.10. The Bertz CT molecular complexity index is 812. The summed E-state index contributed by atoms with van der Waals surface area (Å²) in [6.45, 7) is 0.754. The van der Waals surface area contributed by atoms with Crippen LogP contribution in [0.25, 0.3) is 11.0 Å². The molecule has 0 fully saturated rings. The highest BCUT2D eigenvalue weighted by molar-refractivity contribution is 9.11. The molecule has 0 aliphatic heterocycles. The molecular weight excluding hydrogens is 336 g/mol. The van der Waals surface area contributed by atoms with Gasteiger partial charge in [0.05, 0.1) is 14.9 Å². The molecule has 0 aliphatic carbocycles. The molecule has 0 saturated heterocycles. The largest absolute Gasteiger partial charge is 0.369 e. The van der Waals surface area contributed by atoms with Crippen molar-refractivity contribution in [3.63, 3.8) is 0 Å². The Morgan fingerprint density at radius 3 is 2.90 bits per heavy atom. The number of nitrogens with two attached hydrogens (primary N) is 1. The third-order valence-electron chi connectivity index (χ3n) is 3.14. The maximum Gasteiger partial charge on any atom is 0.201 e. The van der Waals surface area contributed by atoms with Crippen LogP contribution >= 0.6 is 27.3 Å². The molecule has 0 bridgehead atoms. The van der Waals surface area contributed by atoms with Crippen LogP contribution in [-0.4, -0.2) is 9.55 Å². The monoisotopic (exact) mass is 346 g/mol. The first-order chi connectivity index (χ1) is 9.69. The van der Waals surface area contributed by atoms with Crippen LogP contribution in [0, 0.1) is 11.3 Å². The summed E-state index contributed by atoms with van der Waals surface area (Å²) in [5.74, 6) is 0.457. The number of imidazole rings is 1. The van der Waals surface area contributed by atoms with E-state index < -0.39 is 0 Å². The van der Waals surface area contributed by atoms with E-state index in [1.54, 1.807) is 17.4 Å². The number of nitrogens with zero attached hydrogens (tertiary/aromatic N) is 3. The lowest BCUT2D eigenvalue weighted by Crippen LogP contribution is -2.05. The molecule has 20 heavy (non-hydrogen) atoms. The molecule has 2 N–H and O–H groups in total. The molecule has 2 heterocycles. The van der Waals surface area contributed by atoms with Gasteiger partial charge >= 0.3 is 0 Å². The summed E-state index contributed by atoms with van der Waals surface area (Å²) in [7, 11) is 0. The first kappa shape index (κ1) is 13.2. The summed E-state index contributed by atoms with van der Waals surface area (Å²) < 4.78 is 3.09. The molecule has 0 amide bonds. The Morgan fingerprint density at radius 2 is 2.20 bits per heavy atom. The molecule has 2 aromatic heterocycles. The predicted molar refractivity (Wildman–Crippen MR) is 84.6 cm³/mol. The Kier molecular flexibility index (Phi) is 3.47. The molecule has 100 valence electrons. The van der Waals surface area contributed by atoms with Crippen LogP contribution in [-0.2, 0) is 13.0 Å². The van der Waals surface area contributed by atoms with E-state index in [0.717, 1.165) is 22.3 Å². The lowest BCUT2D eigenvalue weighted by molar-refractivity contribution is 0.733. The van der Waals surface area contributed by atoms with E-state index in [9.17, 15) is 0 Å². The number of para-hydroxylation sites is 1. The summed E-state index contributed by atoms with van der Waals surface area (Å²) in [4.78, 5) is 5.60. The van der Waals surface area contributed by atoms with Crippen molar-refractivity contribution in [3.05, 3.63) is 44.6 Å². The van der Waals surface area contributed by atoms with Crippen LogP contribution in [0.15, 0.2) is 34.1 Å². The van der Waals surface area contributed by atoms with Crippen LogP contribution in [0.1, 0.15) is 10.4 Å². The average molecular weight is 347 g/mol. The number of benzene rings is 1. The molecule has 3 aromatic rings. The van der Waals surface area contributed by atoms with E-state index in [1.165, 1.54) is 4.88 Å². The number of nitriles is 1. The van der Waals surface area contributed by atoms with E-state index in [1.807, 2.05) is 22.8 Å². The second kappa shape index (κ2) is 5.27. The van der Waals surface area contributed by atoms with E-state index in [4.69, 9.17) is 11.0 Å². The number of aromatic nitrogens is 2. The predicted octanol–water partition coefficient (Wildman–Crippen LogP) is 3.56. The van der Waals surface area contributed by atoms with Gasteiger partial charge in [0.1, 0.15) is 11.6 Å². The topological polar surface area (TPSA) is 67.6 Å². The lowest BCUT2D eigenvalue weighted by atomic mass is 10.2. The zero-order valence-corrected chi connectivity index (χ0v) is 12.9. The zero-order chi connectivity index (χ0) is 14.1. The fourth-order valence-corrected chi connectivity index (χ4v) is 3.67. The molecule has 0 aliphatic rings. The van der Waals surface area contributed by atoms with Crippen LogP contribution in [0.3, 0.4) is 0 Å². The van der Waals surface area contributed by atoms with Gasteiger partial charge in [0.25, 0.3) is 0 Å². The maximum atomic E-state index is 9.10. The van der Waals surface area contributed by atoms with Crippen molar-refractivity contribution < 1.29 is 0 Å². The van der Waals surface area contributed by atoms with Gasteiger partial charge in [-0.25, -0.2) is 4.98 Å². The fourth-order valence-electron chi connectivity index (χ4n) is 2.20. The summed E-state index contributed by atoms with van der Waals surface area (Å²) in [5, 5.41) is 9.10. The quantitative estimate of drug-likeness (QED) is 0.788. The number of anilines is 1. The highest BCUT2D eigenvalue weighted by Gasteiger charge is 2.11. The van der Waals surface area contributed by atoms with E-state index in [0.29, 0.717) is 17.0 Å². The molecule has 6 heteroatoms. The molecule has 0 spiro atoms. The lowest BCUT2D eigenvalue weighted by Gasteiger charge is -2.05. The second-order valence-electron chi connectivity index (χ2n) is 4.36. The minimum absolute atomic E-state index is 0.457. The molecule has 3 rings (SSSR count). The zero-order valence-electron chi connectivity index (χ0n) is 10.5. The fraction of sp³-hybridized carbons (Fsp3) is 0.143. The van der Waals surface area contributed by atoms with Gasteiger partial charge in [0, 0.05) is 11.4 Å². The van der Waals surface area contributed by atoms with E-state index in [-0.39, 0.29) is 0 Å². The summed E-state index contributed by atoms with van der Waals surface area (Å²) in [5.41, 5.74) is 8.14. The number of hydrogen-bond acceptors (Lipinski definition) is 4. The van der Waals surface area contributed by atoms with Gasteiger partial charge in [-0.2, -0.15) is 5.26 Å². The molecule has 4 nitrogen and oxygen atoms in total. The first-order valence-electron chi connectivity index (χ1n) is 6.08. The standard InChI is InChI=1S/C14H11BrN4S/c15-12-5-4-10(20-12)6-7-19-11-3-1-2-9(8-16)13(11)18-14(19)17/h1-5H,6-7H2,(H2,17,18). The van der Waals surface area contributed by atoms with Crippen molar-refractivity contribution in [2.24, 2.45) is 0 Å². The van der Waals surface area contributed by atoms with Crippen LogP contribution in [0.4, 0.5) is 5.95 Å². The number of thiophene rings is 1. The Hall–Kier alpha value is -1.84. The highest BCUT2D eigenvalue weighted by atomic mass is 79.9. The molecule has 0 atom stereocenters. The van der Waals surface area contributed by atoms with Crippen molar-refractivity contribution in [1.82, 2.24) is 9.55 Å². The molecule has 0 unspecified atom stereocenters. The number of rotatable bonds is 3. The van der Waals surface area contributed by atoms with Gasteiger partial charge in [-0.1, -0.05) is 6.07 Å². The molecule has 0 saturated carbocycles. The number of nitrogen functional groups attached to an aromatic ring is 1. The average Bonchev–Trinajstić information content (AvgIpc) is 2.99. The first-order valence-corrected chi connectivity index (χ1v) is 7.69. The summed E-state index contributed by atoms with van der Waals surface area (Å²) >= 11 is 5.18. The normalized spacial score (nSPS) is 10.8. The van der Waals surface area contributed by atoms with Gasteiger partial charge in [-0.3, -0.25) is 0 Å². The van der Waals surface area contributed by atoms with Crippen LogP contribution in [0.2, 0.25) is 0 Å². The van der Waals surface area contributed by atoms with Crippen molar-refractivity contribution in [2.75, 3.05) is 5.73 Å². The van der Waals surface area contributed by atoms with Crippen LogP contribution in [0.5, 0.6) is 0 Å². The van der Waals surface area contributed by atoms with Crippen LogP contribution < -0.4 is 5.73 Å². The third-order valence-corrected chi connectivity index (χ3v) is 4.82. The van der Waals surface area contributed by atoms with E-state index >= 15 is 0 Å². The summed E-state index contributed by atoms with van der Waals surface area (Å²) in [6, 6.07) is 11.9. The SMILES string of the molecule is N#Cc1cccc2c1nc(N)n2CCc1ccc(Br)s1. The van der Waals surface area contributed by atoms with Crippen molar-refractivity contribution in [1.29, 1.82) is 5.26 Å². The van der Waals surface area contributed by atoms with Gasteiger partial charge < -0.3 is 10.3 Å². The Labute approximate surface area is 128 Å². The Morgan fingerprint density at radius 1 is 1.35 bits per heavy atom. The number of aryl methyl sites for hydroxylation is 2. The minimum atomic E-state index is 0.457. The van der Waals surface area contributed by atoms with Gasteiger partial charge in [0.15, 0.2) is 0 Å². The van der Waals surface area contributed by atoms with Gasteiger partial charge in [-0.15, -0.1) is 11.3 Å². The molecule has 0 radical (unpaired) electrons. The number of halogens is 1. The number of hydrogen-bond donors (Lipinski definition) is 1.